The number of hydrogen-bond acceptors (Lipinski definition) is 7. The first-order chi connectivity index (χ1) is 14.3. The zero-order chi connectivity index (χ0) is 21.7. The van der Waals surface area contributed by atoms with Crippen molar-refractivity contribution in [3.63, 3.8) is 0 Å². The van der Waals surface area contributed by atoms with Crippen LogP contribution in [0.5, 0.6) is 17.5 Å². The van der Waals surface area contributed by atoms with Gasteiger partial charge < -0.3 is 14.8 Å². The molecule has 3 rings (SSSR count). The first-order valence-electron chi connectivity index (χ1n) is 9.26. The summed E-state index contributed by atoms with van der Waals surface area (Å²) in [7, 11) is 0. The molecule has 9 heteroatoms. The van der Waals surface area contributed by atoms with Gasteiger partial charge in [0.15, 0.2) is 5.13 Å². The van der Waals surface area contributed by atoms with Crippen LogP contribution in [0.3, 0.4) is 0 Å². The highest BCUT2D eigenvalue weighted by Crippen LogP contribution is 2.26. The van der Waals surface area contributed by atoms with Crippen LogP contribution >= 0.6 is 11.3 Å². The third-order valence-corrected chi connectivity index (χ3v) is 4.51. The van der Waals surface area contributed by atoms with E-state index in [1.807, 2.05) is 26.2 Å². The van der Waals surface area contributed by atoms with E-state index in [2.05, 4.69) is 20.6 Å². The molecule has 0 aliphatic heterocycles. The maximum atomic E-state index is 12.7. The number of amides is 2. The molecule has 8 nitrogen and oxygen atoms in total. The van der Waals surface area contributed by atoms with E-state index >= 15 is 0 Å². The summed E-state index contributed by atoms with van der Waals surface area (Å²) in [5.41, 5.74) is 1.82. The first-order valence-corrected chi connectivity index (χ1v) is 10.1. The van der Waals surface area contributed by atoms with Crippen LogP contribution in [-0.2, 0) is 4.79 Å². The fourth-order valence-corrected chi connectivity index (χ4v) is 3.16. The Kier molecular flexibility index (Phi) is 6.63. The van der Waals surface area contributed by atoms with Crippen molar-refractivity contribution < 1.29 is 19.1 Å². The molecule has 2 aromatic heterocycles. The Balaban J connectivity index is 1.83. The average Bonchev–Trinajstić information content (AvgIpc) is 3.07. The summed E-state index contributed by atoms with van der Waals surface area (Å²) in [6.07, 6.45) is -0.123. The maximum absolute atomic E-state index is 12.7. The van der Waals surface area contributed by atoms with Gasteiger partial charge in [-0.05, 0) is 45.0 Å². The maximum Gasteiger partial charge on any atom is 0.257 e. The Morgan fingerprint density at radius 3 is 2.33 bits per heavy atom. The number of rotatable bonds is 7. The number of pyridine rings is 1. The lowest BCUT2D eigenvalue weighted by molar-refractivity contribution is -0.114. The molecule has 0 radical (unpaired) electrons. The molecule has 0 saturated heterocycles. The molecule has 0 fully saturated rings. The second-order valence-corrected chi connectivity index (χ2v) is 7.61. The largest absolute Gasteiger partial charge is 0.475 e. The molecule has 0 unspecified atom stereocenters. The topological polar surface area (TPSA) is 102 Å². The van der Waals surface area contributed by atoms with E-state index in [0.717, 1.165) is 5.69 Å². The molecular formula is C21H22N4O4S. The highest BCUT2D eigenvalue weighted by molar-refractivity contribution is 7.13. The van der Waals surface area contributed by atoms with Gasteiger partial charge in [0.1, 0.15) is 5.75 Å². The van der Waals surface area contributed by atoms with E-state index in [4.69, 9.17) is 9.47 Å². The quantitative estimate of drug-likeness (QED) is 0.571. The minimum atomic E-state index is -0.341. The van der Waals surface area contributed by atoms with Crippen molar-refractivity contribution >= 4 is 34.0 Å². The van der Waals surface area contributed by atoms with Gasteiger partial charge in [0.05, 0.1) is 17.4 Å². The Hall–Kier alpha value is -3.46. The van der Waals surface area contributed by atoms with Crippen molar-refractivity contribution in [2.75, 3.05) is 10.6 Å². The molecule has 0 aliphatic carbocycles. The van der Waals surface area contributed by atoms with Gasteiger partial charge in [-0.15, -0.1) is 11.3 Å². The van der Waals surface area contributed by atoms with Crippen LogP contribution in [-0.4, -0.2) is 27.9 Å². The highest BCUT2D eigenvalue weighted by atomic mass is 32.1. The molecule has 0 saturated carbocycles. The molecule has 2 amide bonds. The fraction of sp³-hybridized carbons (Fsp3) is 0.238. The van der Waals surface area contributed by atoms with Gasteiger partial charge in [-0.1, -0.05) is 0 Å². The smallest absolute Gasteiger partial charge is 0.257 e. The number of anilines is 2. The van der Waals surface area contributed by atoms with Gasteiger partial charge in [0.25, 0.3) is 5.91 Å². The number of aromatic nitrogens is 2. The molecule has 0 aliphatic rings. The van der Waals surface area contributed by atoms with Crippen LogP contribution < -0.4 is 20.1 Å². The minimum Gasteiger partial charge on any atom is -0.475 e. The predicted octanol–water partition coefficient (Wildman–Crippen LogP) is 4.64. The highest BCUT2D eigenvalue weighted by Gasteiger charge is 2.15. The van der Waals surface area contributed by atoms with Gasteiger partial charge in [0.2, 0.25) is 17.7 Å². The number of nitrogens with one attached hydrogen (secondary N) is 2. The Labute approximate surface area is 178 Å². The monoisotopic (exact) mass is 426 g/mol. The van der Waals surface area contributed by atoms with Gasteiger partial charge in [0, 0.05) is 30.1 Å². The van der Waals surface area contributed by atoms with Crippen molar-refractivity contribution in [2.24, 2.45) is 0 Å². The minimum absolute atomic E-state index is 0.123. The van der Waals surface area contributed by atoms with Crippen LogP contribution in [0.15, 0.2) is 41.8 Å². The van der Waals surface area contributed by atoms with E-state index in [1.165, 1.54) is 24.3 Å². The zero-order valence-corrected chi connectivity index (χ0v) is 17.9. The van der Waals surface area contributed by atoms with Crippen molar-refractivity contribution in [2.45, 2.75) is 33.8 Å². The first kappa shape index (κ1) is 21.3. The molecule has 0 spiro atoms. The predicted molar refractivity (Wildman–Crippen MR) is 116 cm³/mol. The van der Waals surface area contributed by atoms with Gasteiger partial charge in [-0.25, -0.2) is 4.98 Å². The lowest BCUT2D eigenvalue weighted by atomic mass is 10.2. The lowest BCUT2D eigenvalue weighted by Gasteiger charge is -2.13. The van der Waals surface area contributed by atoms with E-state index in [9.17, 15) is 9.59 Å². The molecule has 2 N–H and O–H groups in total. The van der Waals surface area contributed by atoms with Crippen LogP contribution in [0.25, 0.3) is 0 Å². The summed E-state index contributed by atoms with van der Waals surface area (Å²) < 4.78 is 11.5. The van der Waals surface area contributed by atoms with Crippen molar-refractivity contribution in [3.8, 4) is 17.5 Å². The van der Waals surface area contributed by atoms with Crippen molar-refractivity contribution in [1.82, 2.24) is 9.97 Å². The fourth-order valence-electron chi connectivity index (χ4n) is 2.48. The van der Waals surface area contributed by atoms with Crippen LogP contribution in [0.1, 0.15) is 36.8 Å². The Morgan fingerprint density at radius 2 is 1.73 bits per heavy atom. The van der Waals surface area contributed by atoms with E-state index in [0.29, 0.717) is 22.1 Å². The van der Waals surface area contributed by atoms with E-state index in [-0.39, 0.29) is 29.7 Å². The Morgan fingerprint density at radius 1 is 1.03 bits per heavy atom. The third-order valence-electron chi connectivity index (χ3n) is 3.63. The molecular weight excluding hydrogens is 404 g/mol. The summed E-state index contributed by atoms with van der Waals surface area (Å²) in [5.74, 6) is 0.486. The molecule has 0 atom stereocenters. The average molecular weight is 426 g/mol. The summed E-state index contributed by atoms with van der Waals surface area (Å²) >= 11 is 1.35. The van der Waals surface area contributed by atoms with E-state index in [1.54, 1.807) is 30.3 Å². The standard InChI is InChI=1S/C21H22N4O4S/c1-12(2)28-18-9-15(20(27)25-21-22-13(3)11-30-21)10-19(24-18)29-17-7-5-16(6-8-17)23-14(4)26/h5-12H,1-4H3,(H,23,26)(H,22,25,27). The number of thiazole rings is 1. The van der Waals surface area contributed by atoms with Crippen LogP contribution in [0.4, 0.5) is 10.8 Å². The molecule has 2 heterocycles. The van der Waals surface area contributed by atoms with E-state index < -0.39 is 0 Å². The number of ether oxygens (including phenoxy) is 2. The molecule has 1 aromatic carbocycles. The normalized spacial score (nSPS) is 10.6. The second kappa shape index (κ2) is 9.36. The number of benzene rings is 1. The molecule has 0 bridgehead atoms. The number of nitrogens with zero attached hydrogens (tertiary/aromatic N) is 2. The third kappa shape index (κ3) is 6.02. The second-order valence-electron chi connectivity index (χ2n) is 6.75. The van der Waals surface area contributed by atoms with Crippen LogP contribution in [0.2, 0.25) is 0 Å². The summed E-state index contributed by atoms with van der Waals surface area (Å²) in [6, 6.07) is 9.91. The van der Waals surface area contributed by atoms with Gasteiger partial charge >= 0.3 is 0 Å². The number of carbonyl (C=O) groups is 2. The molecule has 30 heavy (non-hydrogen) atoms. The Bertz CT molecular complexity index is 1050. The summed E-state index contributed by atoms with van der Waals surface area (Å²) in [4.78, 5) is 32.4. The number of hydrogen-bond donors (Lipinski definition) is 2. The number of aryl methyl sites for hydroxylation is 1. The SMILES string of the molecule is CC(=O)Nc1ccc(Oc2cc(C(=O)Nc3nc(C)cs3)cc(OC(C)C)n2)cc1. The van der Waals surface area contributed by atoms with Gasteiger partial charge in [-0.2, -0.15) is 4.98 Å². The summed E-state index contributed by atoms with van der Waals surface area (Å²) in [6.45, 7) is 7.03. The van der Waals surface area contributed by atoms with Crippen molar-refractivity contribution in [3.05, 3.63) is 53.0 Å². The summed E-state index contributed by atoms with van der Waals surface area (Å²) in [5, 5.41) is 7.82. The zero-order valence-electron chi connectivity index (χ0n) is 17.1. The van der Waals surface area contributed by atoms with Gasteiger partial charge in [-0.3, -0.25) is 14.9 Å². The van der Waals surface area contributed by atoms with Crippen molar-refractivity contribution in [1.29, 1.82) is 0 Å². The number of carbonyl (C=O) groups excluding carboxylic acids is 2. The lowest BCUT2D eigenvalue weighted by Crippen LogP contribution is -2.14. The molecule has 3 aromatic rings. The van der Waals surface area contributed by atoms with Crippen LogP contribution in [0, 0.1) is 6.92 Å². The molecule has 156 valence electrons.